The van der Waals surface area contributed by atoms with Gasteiger partial charge >= 0.3 is 0 Å². The van der Waals surface area contributed by atoms with Crippen LogP contribution in [-0.4, -0.2) is 41.7 Å². The Labute approximate surface area is 160 Å². The first kappa shape index (κ1) is 19.6. The van der Waals surface area contributed by atoms with Gasteiger partial charge in [-0.25, -0.2) is 13.1 Å². The van der Waals surface area contributed by atoms with Crippen molar-refractivity contribution in [1.29, 1.82) is 0 Å². The summed E-state index contributed by atoms with van der Waals surface area (Å²) >= 11 is 0. The lowest BCUT2D eigenvalue weighted by atomic mass is 10.1. The lowest BCUT2D eigenvalue weighted by Gasteiger charge is -2.11. The van der Waals surface area contributed by atoms with Crippen LogP contribution < -0.4 is 5.32 Å². The van der Waals surface area contributed by atoms with Crippen molar-refractivity contribution in [3.05, 3.63) is 47.8 Å². The Morgan fingerprint density at radius 1 is 1.22 bits per heavy atom. The molecule has 0 radical (unpaired) electrons. The molecular weight excluding hydrogens is 362 g/mol. The summed E-state index contributed by atoms with van der Waals surface area (Å²) in [4.78, 5) is 12.0. The first-order valence-electron chi connectivity index (χ1n) is 9.54. The highest BCUT2D eigenvalue weighted by molar-refractivity contribution is 7.92. The van der Waals surface area contributed by atoms with Gasteiger partial charge in [-0.1, -0.05) is 31.0 Å². The Bertz CT molecular complexity index is 869. The van der Waals surface area contributed by atoms with Crippen molar-refractivity contribution in [2.24, 2.45) is 0 Å². The number of aromatic nitrogens is 2. The Hall–Kier alpha value is -2.15. The summed E-state index contributed by atoms with van der Waals surface area (Å²) in [5, 5.41) is 6.96. The number of amides is 1. The molecule has 0 atom stereocenters. The molecule has 0 spiro atoms. The first-order chi connectivity index (χ1) is 13.0. The van der Waals surface area contributed by atoms with Crippen LogP contribution >= 0.6 is 0 Å². The van der Waals surface area contributed by atoms with Crippen molar-refractivity contribution >= 4 is 15.7 Å². The van der Waals surface area contributed by atoms with Gasteiger partial charge in [-0.05, 0) is 50.3 Å². The number of rotatable bonds is 8. The van der Waals surface area contributed by atoms with Gasteiger partial charge in [-0.15, -0.1) is 0 Å². The molecule has 0 aliphatic heterocycles. The smallest absolute Gasteiger partial charge is 0.235 e. The van der Waals surface area contributed by atoms with Gasteiger partial charge in [0.05, 0.1) is 16.6 Å². The number of hydrogen-bond acceptors (Lipinski definition) is 4. The Morgan fingerprint density at radius 3 is 2.63 bits per heavy atom. The van der Waals surface area contributed by atoms with Gasteiger partial charge in [0.25, 0.3) is 0 Å². The summed E-state index contributed by atoms with van der Waals surface area (Å²) in [5.41, 5.74) is 3.11. The molecule has 27 heavy (non-hydrogen) atoms. The summed E-state index contributed by atoms with van der Waals surface area (Å²) in [5.74, 6) is -0.776. The van der Waals surface area contributed by atoms with Crippen molar-refractivity contribution in [2.45, 2.75) is 50.7 Å². The van der Waals surface area contributed by atoms with E-state index in [1.54, 1.807) is 0 Å². The molecule has 6 nitrogen and oxygen atoms in total. The standard InChI is InChI=1S/C20H27N3O3S/c1-16-17(14-23(22-16)18-9-3-2-4-10-18)8-7-13-21-20(24)15-27(25,26)19-11-5-6-12-19/h2-4,9-10,14,19H,5-8,11-13,15H2,1H3,(H,21,24). The second kappa shape index (κ2) is 8.69. The van der Waals surface area contributed by atoms with E-state index in [2.05, 4.69) is 10.4 Å². The van der Waals surface area contributed by atoms with Crippen LogP contribution in [0.25, 0.3) is 5.69 Å². The SMILES string of the molecule is Cc1nn(-c2ccccc2)cc1CCCNC(=O)CS(=O)(=O)C1CCCC1. The normalized spacial score (nSPS) is 15.1. The van der Waals surface area contributed by atoms with E-state index >= 15 is 0 Å². The fraction of sp³-hybridized carbons (Fsp3) is 0.500. The maximum atomic E-state index is 12.2. The molecule has 1 aliphatic carbocycles. The van der Waals surface area contributed by atoms with Crippen LogP contribution in [0.2, 0.25) is 0 Å². The van der Waals surface area contributed by atoms with Crippen molar-refractivity contribution in [3.8, 4) is 5.69 Å². The highest BCUT2D eigenvalue weighted by Gasteiger charge is 2.30. The second-order valence-electron chi connectivity index (χ2n) is 7.19. The zero-order valence-corrected chi connectivity index (χ0v) is 16.5. The highest BCUT2D eigenvalue weighted by atomic mass is 32.2. The third-order valence-electron chi connectivity index (χ3n) is 5.11. The molecule has 1 aromatic carbocycles. The molecule has 7 heteroatoms. The molecule has 146 valence electrons. The zero-order valence-electron chi connectivity index (χ0n) is 15.7. The number of nitrogens with zero attached hydrogens (tertiary/aromatic N) is 2. The third-order valence-corrected chi connectivity index (χ3v) is 7.26. The van der Waals surface area contributed by atoms with Crippen molar-refractivity contribution in [3.63, 3.8) is 0 Å². The molecule has 2 aromatic rings. The van der Waals surface area contributed by atoms with Crippen LogP contribution in [0.15, 0.2) is 36.5 Å². The summed E-state index contributed by atoms with van der Waals surface area (Å²) in [6.07, 6.45) is 6.82. The molecular formula is C20H27N3O3S. The number of carbonyl (C=O) groups is 1. The maximum Gasteiger partial charge on any atom is 0.235 e. The van der Waals surface area contributed by atoms with Crippen molar-refractivity contribution in [2.75, 3.05) is 12.3 Å². The van der Waals surface area contributed by atoms with Crippen LogP contribution in [0.4, 0.5) is 0 Å². The number of aryl methyl sites for hydroxylation is 2. The van der Waals surface area contributed by atoms with Gasteiger partial charge in [0.1, 0.15) is 5.75 Å². The van der Waals surface area contributed by atoms with Crippen molar-refractivity contribution in [1.82, 2.24) is 15.1 Å². The van der Waals surface area contributed by atoms with Crippen molar-refractivity contribution < 1.29 is 13.2 Å². The molecule has 1 amide bonds. The monoisotopic (exact) mass is 389 g/mol. The van der Waals surface area contributed by atoms with Gasteiger partial charge in [0.2, 0.25) is 5.91 Å². The molecule has 1 saturated carbocycles. The molecule has 0 bridgehead atoms. The van der Waals surface area contributed by atoms with Gasteiger partial charge in [0.15, 0.2) is 9.84 Å². The van der Waals surface area contributed by atoms with E-state index in [0.717, 1.165) is 42.6 Å². The summed E-state index contributed by atoms with van der Waals surface area (Å²) in [6.45, 7) is 2.44. The van der Waals surface area contributed by atoms with Gasteiger partial charge in [0, 0.05) is 12.7 Å². The molecule has 0 unspecified atom stereocenters. The topological polar surface area (TPSA) is 81.1 Å². The maximum absolute atomic E-state index is 12.2. The summed E-state index contributed by atoms with van der Waals surface area (Å²) < 4.78 is 26.3. The van der Waals surface area contributed by atoms with E-state index in [-0.39, 0.29) is 11.0 Å². The molecule has 1 fully saturated rings. The minimum Gasteiger partial charge on any atom is -0.355 e. The van der Waals surface area contributed by atoms with E-state index < -0.39 is 15.7 Å². The average molecular weight is 390 g/mol. The zero-order chi connectivity index (χ0) is 19.3. The van der Waals surface area contributed by atoms with E-state index in [1.807, 2.05) is 48.1 Å². The van der Waals surface area contributed by atoms with E-state index in [9.17, 15) is 13.2 Å². The lowest BCUT2D eigenvalue weighted by molar-refractivity contribution is -0.118. The quantitative estimate of drug-likeness (QED) is 0.704. The summed E-state index contributed by atoms with van der Waals surface area (Å²) in [6, 6.07) is 9.92. The minimum absolute atomic E-state index is 0.324. The van der Waals surface area contributed by atoms with Crippen LogP contribution in [-0.2, 0) is 21.1 Å². The van der Waals surface area contributed by atoms with Crippen LogP contribution in [0.5, 0.6) is 0 Å². The predicted molar refractivity (Wildman–Crippen MR) is 106 cm³/mol. The number of hydrogen-bond donors (Lipinski definition) is 1. The molecule has 0 saturated heterocycles. The summed E-state index contributed by atoms with van der Waals surface area (Å²) in [7, 11) is -3.31. The molecule has 3 rings (SSSR count). The second-order valence-corrected chi connectivity index (χ2v) is 9.47. The number of sulfone groups is 1. The number of carbonyl (C=O) groups excluding carboxylic acids is 1. The Balaban J connectivity index is 1.45. The predicted octanol–water partition coefficient (Wildman–Crippen LogP) is 2.59. The highest BCUT2D eigenvalue weighted by Crippen LogP contribution is 2.25. The van der Waals surface area contributed by atoms with Crippen LogP contribution in [0.1, 0.15) is 43.4 Å². The van der Waals surface area contributed by atoms with Crippen LogP contribution in [0, 0.1) is 6.92 Å². The lowest BCUT2D eigenvalue weighted by Crippen LogP contribution is -2.34. The Morgan fingerprint density at radius 2 is 1.93 bits per heavy atom. The fourth-order valence-electron chi connectivity index (χ4n) is 3.56. The first-order valence-corrected chi connectivity index (χ1v) is 11.3. The Kier molecular flexibility index (Phi) is 6.31. The number of para-hydroxylation sites is 1. The van der Waals surface area contributed by atoms with E-state index in [1.165, 1.54) is 0 Å². The average Bonchev–Trinajstić information content (AvgIpc) is 3.30. The number of benzene rings is 1. The third kappa shape index (κ3) is 5.19. The fourth-order valence-corrected chi connectivity index (χ4v) is 5.31. The van der Waals surface area contributed by atoms with E-state index in [0.29, 0.717) is 19.4 Å². The van der Waals surface area contributed by atoms with Crippen LogP contribution in [0.3, 0.4) is 0 Å². The number of nitrogens with one attached hydrogen (secondary N) is 1. The molecule has 1 aromatic heterocycles. The molecule has 1 aliphatic rings. The van der Waals surface area contributed by atoms with E-state index in [4.69, 9.17) is 0 Å². The largest absolute Gasteiger partial charge is 0.355 e. The van der Waals surface area contributed by atoms with Gasteiger partial charge in [-0.2, -0.15) is 5.10 Å². The molecule has 1 N–H and O–H groups in total. The minimum atomic E-state index is -3.31. The molecule has 1 heterocycles. The van der Waals surface area contributed by atoms with Gasteiger partial charge < -0.3 is 5.32 Å². The van der Waals surface area contributed by atoms with Gasteiger partial charge in [-0.3, -0.25) is 4.79 Å².